The van der Waals surface area contributed by atoms with Crippen molar-refractivity contribution in [2.24, 2.45) is 0 Å². The van der Waals surface area contributed by atoms with Gasteiger partial charge in [-0.3, -0.25) is 9.59 Å². The summed E-state index contributed by atoms with van der Waals surface area (Å²) in [5.74, 6) is -1.73. The number of hydrogen-bond donors (Lipinski definition) is 2. The first kappa shape index (κ1) is 24.3. The summed E-state index contributed by atoms with van der Waals surface area (Å²) >= 11 is 0. The number of methoxy groups -OCH3 is 1. The number of ketones is 1. The van der Waals surface area contributed by atoms with E-state index in [9.17, 15) is 19.2 Å². The van der Waals surface area contributed by atoms with Crippen LogP contribution in [0.15, 0.2) is 72.8 Å². The summed E-state index contributed by atoms with van der Waals surface area (Å²) in [5, 5.41) is 5.12. The third-order valence-electron chi connectivity index (χ3n) is 4.47. The quantitative estimate of drug-likeness (QED) is 0.435. The summed E-state index contributed by atoms with van der Waals surface area (Å²) in [5.41, 5.74) is 1.63. The number of amides is 2. The minimum atomic E-state index is -0.972. The van der Waals surface area contributed by atoms with Gasteiger partial charge in [0.25, 0.3) is 0 Å². The van der Waals surface area contributed by atoms with Crippen LogP contribution in [-0.2, 0) is 36.9 Å². The zero-order valence-corrected chi connectivity index (χ0v) is 17.9. The average Bonchev–Trinajstić information content (AvgIpc) is 2.81. The Bertz CT molecular complexity index is 943. The molecule has 32 heavy (non-hydrogen) atoms. The Kier molecular flexibility index (Phi) is 9.65. The van der Waals surface area contributed by atoms with E-state index in [1.807, 2.05) is 60.7 Å². The van der Waals surface area contributed by atoms with Gasteiger partial charge in [0.2, 0.25) is 5.91 Å². The fraction of sp³-hybridized carbons (Fsp3) is 0.250. The molecular formula is C24H26N2O6. The van der Waals surface area contributed by atoms with E-state index in [0.717, 1.165) is 23.3 Å². The number of hydrogen-bond acceptors (Lipinski definition) is 6. The number of rotatable bonds is 10. The van der Waals surface area contributed by atoms with E-state index < -0.39 is 35.8 Å². The highest BCUT2D eigenvalue weighted by Crippen LogP contribution is 2.06. The van der Waals surface area contributed by atoms with Gasteiger partial charge in [0.05, 0.1) is 13.2 Å². The summed E-state index contributed by atoms with van der Waals surface area (Å²) in [6, 6.07) is 16.4. The van der Waals surface area contributed by atoms with E-state index in [1.165, 1.54) is 14.0 Å². The van der Waals surface area contributed by atoms with Gasteiger partial charge in [0, 0.05) is 12.5 Å². The minimum absolute atomic E-state index is 0.0551. The molecule has 168 valence electrons. The van der Waals surface area contributed by atoms with Crippen LogP contribution in [0.4, 0.5) is 4.79 Å². The first-order valence-corrected chi connectivity index (χ1v) is 10.0. The summed E-state index contributed by atoms with van der Waals surface area (Å²) in [6.45, 7) is 1.54. The minimum Gasteiger partial charge on any atom is -0.466 e. The molecule has 0 aliphatic heterocycles. The molecule has 8 nitrogen and oxygen atoms in total. The van der Waals surface area contributed by atoms with E-state index in [0.29, 0.717) is 0 Å². The molecule has 2 rings (SSSR count). The lowest BCUT2D eigenvalue weighted by molar-refractivity contribution is -0.135. The summed E-state index contributed by atoms with van der Waals surface area (Å²) in [4.78, 5) is 48.4. The van der Waals surface area contributed by atoms with Gasteiger partial charge in [-0.15, -0.1) is 0 Å². The lowest BCUT2D eigenvalue weighted by Crippen LogP contribution is -2.51. The van der Waals surface area contributed by atoms with Crippen molar-refractivity contribution in [2.75, 3.05) is 7.11 Å². The van der Waals surface area contributed by atoms with E-state index in [2.05, 4.69) is 15.4 Å². The van der Waals surface area contributed by atoms with Gasteiger partial charge in [0.15, 0.2) is 5.78 Å². The Labute approximate surface area is 186 Å². The van der Waals surface area contributed by atoms with E-state index in [4.69, 9.17) is 4.74 Å². The second-order valence-electron chi connectivity index (χ2n) is 6.94. The molecule has 2 N–H and O–H groups in total. The van der Waals surface area contributed by atoms with E-state index in [-0.39, 0.29) is 13.0 Å². The Hall–Kier alpha value is -3.94. The van der Waals surface area contributed by atoms with Crippen molar-refractivity contribution in [1.82, 2.24) is 10.6 Å². The van der Waals surface area contributed by atoms with Crippen LogP contribution < -0.4 is 10.6 Å². The number of nitrogens with one attached hydrogen (secondary N) is 2. The highest BCUT2D eigenvalue weighted by molar-refractivity contribution is 6.01. The molecule has 0 fully saturated rings. The van der Waals surface area contributed by atoms with Crippen LogP contribution in [0.3, 0.4) is 0 Å². The van der Waals surface area contributed by atoms with Gasteiger partial charge in [-0.05, 0) is 24.1 Å². The molecule has 0 heterocycles. The fourth-order valence-electron chi connectivity index (χ4n) is 2.71. The van der Waals surface area contributed by atoms with Crippen LogP contribution in [0.2, 0.25) is 0 Å². The van der Waals surface area contributed by atoms with Gasteiger partial charge < -0.3 is 20.1 Å². The molecule has 0 aromatic heterocycles. The molecule has 2 aromatic rings. The molecule has 2 amide bonds. The summed E-state index contributed by atoms with van der Waals surface area (Å²) in [6.07, 6.45) is 1.46. The molecule has 0 aliphatic carbocycles. The molecule has 0 saturated heterocycles. The zero-order chi connectivity index (χ0) is 23.3. The fourth-order valence-corrected chi connectivity index (χ4v) is 2.71. The first-order chi connectivity index (χ1) is 15.4. The van der Waals surface area contributed by atoms with Crippen LogP contribution in [0.25, 0.3) is 0 Å². The van der Waals surface area contributed by atoms with Crippen molar-refractivity contribution in [3.63, 3.8) is 0 Å². The van der Waals surface area contributed by atoms with Gasteiger partial charge in [-0.25, -0.2) is 9.59 Å². The maximum atomic E-state index is 12.8. The molecule has 8 heteroatoms. The van der Waals surface area contributed by atoms with Crippen LogP contribution in [0.1, 0.15) is 18.1 Å². The number of carbonyl (C=O) groups is 4. The average molecular weight is 438 g/mol. The predicted molar refractivity (Wildman–Crippen MR) is 117 cm³/mol. The monoisotopic (exact) mass is 438 g/mol. The topological polar surface area (TPSA) is 111 Å². The van der Waals surface area contributed by atoms with Crippen molar-refractivity contribution >= 4 is 23.8 Å². The third-order valence-corrected chi connectivity index (χ3v) is 4.47. The standard InChI is InChI=1S/C24H26N2O6/c1-17(21(27)13-14-22(28)31-2)25-23(29)20(15-18-9-5-3-6-10-18)26-24(30)32-16-19-11-7-4-8-12-19/h3-14,17,20H,15-16H2,1-2H3,(H,25,29)(H,26,30)/b14-13+/t17-,20-/m0/s1. The number of benzene rings is 2. The van der Waals surface area contributed by atoms with Crippen LogP contribution in [-0.4, -0.2) is 42.9 Å². The molecule has 0 unspecified atom stereocenters. The number of esters is 1. The molecule has 2 atom stereocenters. The molecule has 0 spiro atoms. The highest BCUT2D eigenvalue weighted by Gasteiger charge is 2.25. The Morgan fingerprint density at radius 2 is 1.47 bits per heavy atom. The number of alkyl carbamates (subject to hydrolysis) is 1. The second-order valence-corrected chi connectivity index (χ2v) is 6.94. The van der Waals surface area contributed by atoms with Gasteiger partial charge >= 0.3 is 12.1 Å². The molecule has 0 radical (unpaired) electrons. The SMILES string of the molecule is COC(=O)/C=C/C(=O)[C@H](C)NC(=O)[C@H](Cc1ccccc1)NC(=O)OCc1ccccc1. The number of ether oxygens (including phenoxy) is 2. The lowest BCUT2D eigenvalue weighted by Gasteiger charge is -2.20. The zero-order valence-electron chi connectivity index (χ0n) is 17.9. The van der Waals surface area contributed by atoms with Crippen molar-refractivity contribution < 1.29 is 28.7 Å². The van der Waals surface area contributed by atoms with Crippen molar-refractivity contribution in [3.05, 3.63) is 83.9 Å². The molecular weight excluding hydrogens is 412 g/mol. The Morgan fingerprint density at radius 1 is 0.875 bits per heavy atom. The number of carbonyl (C=O) groups excluding carboxylic acids is 4. The smallest absolute Gasteiger partial charge is 0.408 e. The van der Waals surface area contributed by atoms with Crippen LogP contribution in [0, 0.1) is 0 Å². The normalized spacial score (nSPS) is 12.4. The van der Waals surface area contributed by atoms with Gasteiger partial charge in [0.1, 0.15) is 12.6 Å². The predicted octanol–water partition coefficient (Wildman–Crippen LogP) is 2.33. The van der Waals surface area contributed by atoms with E-state index >= 15 is 0 Å². The summed E-state index contributed by atoms with van der Waals surface area (Å²) in [7, 11) is 1.19. The van der Waals surface area contributed by atoms with Crippen molar-refractivity contribution in [1.29, 1.82) is 0 Å². The van der Waals surface area contributed by atoms with Gasteiger partial charge in [-0.1, -0.05) is 60.7 Å². The molecule has 2 aromatic carbocycles. The largest absolute Gasteiger partial charge is 0.466 e. The van der Waals surface area contributed by atoms with Crippen LogP contribution >= 0.6 is 0 Å². The lowest BCUT2D eigenvalue weighted by atomic mass is 10.0. The second kappa shape index (κ2) is 12.7. The van der Waals surface area contributed by atoms with E-state index in [1.54, 1.807) is 0 Å². The maximum Gasteiger partial charge on any atom is 0.408 e. The highest BCUT2D eigenvalue weighted by atomic mass is 16.5. The Morgan fingerprint density at radius 3 is 2.06 bits per heavy atom. The van der Waals surface area contributed by atoms with Gasteiger partial charge in [-0.2, -0.15) is 0 Å². The van der Waals surface area contributed by atoms with Crippen molar-refractivity contribution in [2.45, 2.75) is 32.0 Å². The van der Waals surface area contributed by atoms with Crippen molar-refractivity contribution in [3.8, 4) is 0 Å². The van der Waals surface area contributed by atoms with Crippen LogP contribution in [0.5, 0.6) is 0 Å². The molecule has 0 bridgehead atoms. The molecule has 0 aliphatic rings. The summed E-state index contributed by atoms with van der Waals surface area (Å²) < 4.78 is 9.65. The molecule has 0 saturated carbocycles. The maximum absolute atomic E-state index is 12.8. The Balaban J connectivity index is 2.02. The first-order valence-electron chi connectivity index (χ1n) is 10.0. The third kappa shape index (κ3) is 8.43.